The fourth-order valence-corrected chi connectivity index (χ4v) is 2.30. The van der Waals surface area contributed by atoms with Crippen LogP contribution in [0.1, 0.15) is 32.8 Å². The lowest BCUT2D eigenvalue weighted by atomic mass is 10.2. The lowest BCUT2D eigenvalue weighted by Gasteiger charge is -2.16. The Balaban J connectivity index is 2.52. The van der Waals surface area contributed by atoms with E-state index in [1.165, 1.54) is 0 Å². The molecule has 0 spiro atoms. The van der Waals surface area contributed by atoms with E-state index in [0.29, 0.717) is 6.54 Å². The summed E-state index contributed by atoms with van der Waals surface area (Å²) in [5.74, 6) is 0.0947. The van der Waals surface area contributed by atoms with E-state index in [-0.39, 0.29) is 17.2 Å². The van der Waals surface area contributed by atoms with Gasteiger partial charge in [-0.1, -0.05) is 19.1 Å². The molecular weight excluding hydrogens is 244 g/mol. The van der Waals surface area contributed by atoms with Gasteiger partial charge in [-0.3, -0.25) is 4.79 Å². The first-order valence-corrected chi connectivity index (χ1v) is 7.20. The van der Waals surface area contributed by atoms with Crippen molar-refractivity contribution in [1.29, 1.82) is 0 Å². The predicted octanol–water partition coefficient (Wildman–Crippen LogP) is 2.54. The molecule has 0 aromatic heterocycles. The molecule has 1 rings (SSSR count). The Labute approximate surface area is 114 Å². The molecule has 0 fully saturated rings. The van der Waals surface area contributed by atoms with Gasteiger partial charge in [0.1, 0.15) is 0 Å². The highest BCUT2D eigenvalue weighted by atomic mass is 32.2. The molecule has 0 saturated carbocycles. The van der Waals surface area contributed by atoms with Crippen LogP contribution in [0.3, 0.4) is 0 Å². The van der Waals surface area contributed by atoms with Crippen molar-refractivity contribution >= 4 is 17.7 Å². The van der Waals surface area contributed by atoms with Crippen molar-refractivity contribution in [2.75, 3.05) is 0 Å². The molecule has 3 N–H and O–H groups in total. The number of hydrogen-bond donors (Lipinski definition) is 2. The second kappa shape index (κ2) is 7.44. The summed E-state index contributed by atoms with van der Waals surface area (Å²) in [6, 6.07) is 8.27. The molecule has 0 aliphatic carbocycles. The van der Waals surface area contributed by atoms with Crippen LogP contribution in [0.25, 0.3) is 0 Å². The van der Waals surface area contributed by atoms with Crippen molar-refractivity contribution in [2.24, 2.45) is 5.73 Å². The predicted molar refractivity (Wildman–Crippen MR) is 77.5 cm³/mol. The number of nitrogens with two attached hydrogens (primary N) is 1. The molecule has 2 atom stereocenters. The number of amides is 1. The first-order valence-electron chi connectivity index (χ1n) is 6.32. The van der Waals surface area contributed by atoms with Crippen LogP contribution in [0, 0.1) is 0 Å². The molecule has 1 aromatic rings. The largest absolute Gasteiger partial charge is 0.353 e. The van der Waals surface area contributed by atoms with Crippen LogP contribution < -0.4 is 11.1 Å². The second-order valence-corrected chi connectivity index (χ2v) is 5.84. The molecule has 100 valence electrons. The summed E-state index contributed by atoms with van der Waals surface area (Å²) in [5.41, 5.74) is 6.66. The fourth-order valence-electron chi connectivity index (χ4n) is 1.42. The van der Waals surface area contributed by atoms with Crippen LogP contribution in [0.2, 0.25) is 0 Å². The lowest BCUT2D eigenvalue weighted by Crippen LogP contribution is -2.37. The standard InChI is InChI=1S/C14H22N2OS/c1-4-10(2)16-14(17)11(3)18-13-7-5-12(9-15)6-8-13/h5-8,10-11H,4,9,15H2,1-3H3,(H,16,17). The highest BCUT2D eigenvalue weighted by Gasteiger charge is 2.15. The van der Waals surface area contributed by atoms with Crippen LogP contribution in [-0.2, 0) is 11.3 Å². The van der Waals surface area contributed by atoms with Gasteiger partial charge < -0.3 is 11.1 Å². The highest BCUT2D eigenvalue weighted by molar-refractivity contribution is 8.00. The maximum absolute atomic E-state index is 11.9. The molecule has 0 saturated heterocycles. The molecule has 0 aliphatic rings. The van der Waals surface area contributed by atoms with Crippen LogP contribution in [0.15, 0.2) is 29.2 Å². The van der Waals surface area contributed by atoms with Gasteiger partial charge in [0, 0.05) is 17.5 Å². The minimum atomic E-state index is -0.0808. The van der Waals surface area contributed by atoms with Crippen LogP contribution in [0.5, 0.6) is 0 Å². The Kier molecular flexibility index (Phi) is 6.22. The summed E-state index contributed by atoms with van der Waals surface area (Å²) in [7, 11) is 0. The number of thioether (sulfide) groups is 1. The van der Waals surface area contributed by atoms with E-state index >= 15 is 0 Å². The number of hydrogen-bond acceptors (Lipinski definition) is 3. The zero-order chi connectivity index (χ0) is 13.5. The van der Waals surface area contributed by atoms with E-state index < -0.39 is 0 Å². The van der Waals surface area contributed by atoms with Gasteiger partial charge in [-0.15, -0.1) is 11.8 Å². The third-order valence-corrected chi connectivity index (χ3v) is 3.95. The number of carbonyl (C=O) groups is 1. The van der Waals surface area contributed by atoms with Gasteiger partial charge in [0.05, 0.1) is 5.25 Å². The van der Waals surface area contributed by atoms with Crippen molar-refractivity contribution in [3.8, 4) is 0 Å². The molecule has 4 heteroatoms. The van der Waals surface area contributed by atoms with Crippen molar-refractivity contribution in [3.05, 3.63) is 29.8 Å². The number of rotatable bonds is 6. The lowest BCUT2D eigenvalue weighted by molar-refractivity contribution is -0.120. The molecule has 2 unspecified atom stereocenters. The number of benzene rings is 1. The molecule has 3 nitrogen and oxygen atoms in total. The Bertz CT molecular complexity index is 378. The monoisotopic (exact) mass is 266 g/mol. The SMILES string of the molecule is CCC(C)NC(=O)C(C)Sc1ccc(CN)cc1. The van der Waals surface area contributed by atoms with E-state index in [9.17, 15) is 4.79 Å². The molecule has 1 aromatic carbocycles. The van der Waals surface area contributed by atoms with Gasteiger partial charge in [-0.25, -0.2) is 0 Å². The fraction of sp³-hybridized carbons (Fsp3) is 0.500. The normalized spacial score (nSPS) is 14.0. The molecule has 0 radical (unpaired) electrons. The van der Waals surface area contributed by atoms with Gasteiger partial charge in [0.2, 0.25) is 5.91 Å². The van der Waals surface area contributed by atoms with E-state index in [1.54, 1.807) is 11.8 Å². The molecular formula is C14H22N2OS. The topological polar surface area (TPSA) is 55.1 Å². The van der Waals surface area contributed by atoms with Crippen molar-refractivity contribution in [1.82, 2.24) is 5.32 Å². The van der Waals surface area contributed by atoms with E-state index in [4.69, 9.17) is 5.73 Å². The smallest absolute Gasteiger partial charge is 0.233 e. The van der Waals surface area contributed by atoms with Crippen molar-refractivity contribution in [2.45, 2.75) is 49.9 Å². The Morgan fingerprint density at radius 2 is 1.94 bits per heavy atom. The van der Waals surface area contributed by atoms with E-state index in [2.05, 4.69) is 12.2 Å². The minimum Gasteiger partial charge on any atom is -0.353 e. The van der Waals surface area contributed by atoms with Gasteiger partial charge in [0.25, 0.3) is 0 Å². The molecule has 0 heterocycles. The molecule has 1 amide bonds. The van der Waals surface area contributed by atoms with Gasteiger partial charge in [0.15, 0.2) is 0 Å². The zero-order valence-electron chi connectivity index (χ0n) is 11.3. The molecule has 0 aliphatic heterocycles. The molecule has 0 bridgehead atoms. The second-order valence-electron chi connectivity index (χ2n) is 4.43. The summed E-state index contributed by atoms with van der Waals surface area (Å²) in [5, 5.41) is 2.91. The van der Waals surface area contributed by atoms with Gasteiger partial charge in [-0.05, 0) is 38.0 Å². The van der Waals surface area contributed by atoms with Gasteiger partial charge >= 0.3 is 0 Å². The van der Waals surface area contributed by atoms with E-state index in [1.807, 2.05) is 38.1 Å². The highest BCUT2D eigenvalue weighted by Crippen LogP contribution is 2.23. The van der Waals surface area contributed by atoms with Gasteiger partial charge in [-0.2, -0.15) is 0 Å². The number of carbonyl (C=O) groups excluding carboxylic acids is 1. The quantitative estimate of drug-likeness (QED) is 0.778. The summed E-state index contributed by atoms with van der Waals surface area (Å²) in [4.78, 5) is 13.0. The maximum atomic E-state index is 11.9. The Morgan fingerprint density at radius 3 is 2.44 bits per heavy atom. The first-order chi connectivity index (χ1) is 8.56. The van der Waals surface area contributed by atoms with Crippen LogP contribution >= 0.6 is 11.8 Å². The van der Waals surface area contributed by atoms with E-state index in [0.717, 1.165) is 16.9 Å². The third-order valence-electron chi connectivity index (χ3n) is 2.84. The zero-order valence-corrected chi connectivity index (χ0v) is 12.1. The maximum Gasteiger partial charge on any atom is 0.233 e. The summed E-state index contributed by atoms with van der Waals surface area (Å²) in [6.07, 6.45) is 0.953. The average molecular weight is 266 g/mol. The Morgan fingerprint density at radius 1 is 1.33 bits per heavy atom. The van der Waals surface area contributed by atoms with Crippen LogP contribution in [0.4, 0.5) is 0 Å². The first kappa shape index (κ1) is 15.1. The van der Waals surface area contributed by atoms with Crippen molar-refractivity contribution < 1.29 is 4.79 Å². The summed E-state index contributed by atoms with van der Waals surface area (Å²) < 4.78 is 0. The molecule has 18 heavy (non-hydrogen) atoms. The van der Waals surface area contributed by atoms with Crippen LogP contribution in [-0.4, -0.2) is 17.2 Å². The van der Waals surface area contributed by atoms with Crippen molar-refractivity contribution in [3.63, 3.8) is 0 Å². The summed E-state index contributed by atoms with van der Waals surface area (Å²) in [6.45, 7) is 6.56. The summed E-state index contributed by atoms with van der Waals surface area (Å²) >= 11 is 1.57. The third kappa shape index (κ3) is 4.70. The minimum absolute atomic E-state index is 0.0808. The number of nitrogens with one attached hydrogen (secondary N) is 1. The average Bonchev–Trinajstić information content (AvgIpc) is 2.39. The Hall–Kier alpha value is -1.00.